The molecule has 1 fully saturated rings. The van der Waals surface area contributed by atoms with Gasteiger partial charge in [-0.25, -0.2) is 4.79 Å². The molecule has 0 unspecified atom stereocenters. The summed E-state index contributed by atoms with van der Waals surface area (Å²) in [6.07, 6.45) is 1.25. The van der Waals surface area contributed by atoms with Gasteiger partial charge in [-0.3, -0.25) is 9.48 Å². The molecule has 1 aromatic heterocycles. The molecule has 0 radical (unpaired) electrons. The van der Waals surface area contributed by atoms with E-state index in [1.807, 2.05) is 0 Å². The van der Waals surface area contributed by atoms with Crippen molar-refractivity contribution in [3.8, 4) is 0 Å². The minimum Gasteiger partial charge on any atom is -0.450 e. The average Bonchev–Trinajstić information content (AvgIpc) is 2.77. The van der Waals surface area contributed by atoms with E-state index >= 15 is 0 Å². The highest BCUT2D eigenvalue weighted by Gasteiger charge is 2.27. The number of nitrogens with zero attached hydrogens (tertiary/aromatic N) is 4. The number of amides is 2. The van der Waals surface area contributed by atoms with Crippen LogP contribution in [0, 0.1) is 0 Å². The largest absolute Gasteiger partial charge is 0.450 e. The van der Waals surface area contributed by atoms with E-state index in [9.17, 15) is 9.59 Å². The zero-order chi connectivity index (χ0) is 14.7. The van der Waals surface area contributed by atoms with E-state index in [4.69, 9.17) is 16.3 Å². The van der Waals surface area contributed by atoms with E-state index in [0.29, 0.717) is 37.8 Å². The lowest BCUT2D eigenvalue weighted by Gasteiger charge is -2.33. The van der Waals surface area contributed by atoms with Crippen LogP contribution in [-0.2, 0) is 11.8 Å². The Morgan fingerprint density at radius 3 is 2.40 bits per heavy atom. The number of hydrogen-bond acceptors (Lipinski definition) is 4. The van der Waals surface area contributed by atoms with Crippen LogP contribution in [0.4, 0.5) is 4.79 Å². The summed E-state index contributed by atoms with van der Waals surface area (Å²) in [7, 11) is 1.71. The molecule has 1 aromatic rings. The summed E-state index contributed by atoms with van der Waals surface area (Å²) in [4.78, 5) is 27.1. The van der Waals surface area contributed by atoms with Crippen LogP contribution in [0.3, 0.4) is 0 Å². The van der Waals surface area contributed by atoms with Crippen molar-refractivity contribution in [1.82, 2.24) is 19.6 Å². The molecule has 1 aliphatic rings. The number of aromatic nitrogens is 2. The highest BCUT2D eigenvalue weighted by Crippen LogP contribution is 2.16. The van der Waals surface area contributed by atoms with Gasteiger partial charge < -0.3 is 14.5 Å². The second-order valence-electron chi connectivity index (χ2n) is 4.48. The Kier molecular flexibility index (Phi) is 4.49. The fraction of sp³-hybridized carbons (Fsp3) is 0.583. The highest BCUT2D eigenvalue weighted by atomic mass is 35.5. The smallest absolute Gasteiger partial charge is 0.409 e. The maximum absolute atomic E-state index is 12.3. The number of ether oxygens (including phenoxy) is 1. The summed E-state index contributed by atoms with van der Waals surface area (Å²) in [6, 6.07) is 0. The maximum atomic E-state index is 12.3. The highest BCUT2D eigenvalue weighted by molar-refractivity contribution is 6.33. The van der Waals surface area contributed by atoms with E-state index < -0.39 is 0 Å². The normalized spacial score (nSPS) is 15.3. The van der Waals surface area contributed by atoms with Crippen molar-refractivity contribution in [3.05, 3.63) is 16.9 Å². The van der Waals surface area contributed by atoms with E-state index in [-0.39, 0.29) is 17.7 Å². The third kappa shape index (κ3) is 3.04. The van der Waals surface area contributed by atoms with Crippen LogP contribution < -0.4 is 0 Å². The molecular weight excluding hydrogens is 284 g/mol. The first-order valence-corrected chi connectivity index (χ1v) is 6.80. The quantitative estimate of drug-likeness (QED) is 0.817. The second-order valence-corrected chi connectivity index (χ2v) is 4.88. The minimum absolute atomic E-state index is 0.209. The third-order valence-corrected chi connectivity index (χ3v) is 3.36. The number of rotatable bonds is 2. The van der Waals surface area contributed by atoms with Gasteiger partial charge in [0.15, 0.2) is 5.69 Å². The van der Waals surface area contributed by atoms with Gasteiger partial charge in [0.25, 0.3) is 5.91 Å². The molecule has 1 aliphatic heterocycles. The van der Waals surface area contributed by atoms with Crippen LogP contribution in [0.25, 0.3) is 0 Å². The van der Waals surface area contributed by atoms with Gasteiger partial charge in [-0.15, -0.1) is 0 Å². The Hall–Kier alpha value is -1.76. The topological polar surface area (TPSA) is 67.7 Å². The van der Waals surface area contributed by atoms with Crippen LogP contribution in [0.15, 0.2) is 6.20 Å². The van der Waals surface area contributed by atoms with Crippen LogP contribution in [0.1, 0.15) is 17.4 Å². The van der Waals surface area contributed by atoms with Gasteiger partial charge in [0, 0.05) is 39.4 Å². The van der Waals surface area contributed by atoms with Gasteiger partial charge in [-0.05, 0) is 6.92 Å². The molecule has 2 amide bonds. The van der Waals surface area contributed by atoms with Crippen molar-refractivity contribution in [3.63, 3.8) is 0 Å². The van der Waals surface area contributed by atoms with E-state index in [1.165, 1.54) is 4.68 Å². The van der Waals surface area contributed by atoms with Crippen LogP contribution >= 0.6 is 11.6 Å². The summed E-state index contributed by atoms with van der Waals surface area (Å²) in [5, 5.41) is 4.40. The zero-order valence-electron chi connectivity index (χ0n) is 11.5. The van der Waals surface area contributed by atoms with Crippen molar-refractivity contribution in [2.24, 2.45) is 7.05 Å². The number of aryl methyl sites for hydroxylation is 1. The molecule has 0 saturated carbocycles. The molecule has 0 spiro atoms. The number of piperazine rings is 1. The predicted octanol–water partition coefficient (Wildman–Crippen LogP) is 0.988. The van der Waals surface area contributed by atoms with Crippen LogP contribution in [-0.4, -0.2) is 64.4 Å². The Labute approximate surface area is 122 Å². The van der Waals surface area contributed by atoms with Crippen molar-refractivity contribution in [2.75, 3.05) is 32.8 Å². The Morgan fingerprint density at radius 2 is 1.90 bits per heavy atom. The SMILES string of the molecule is CCOC(=O)N1CCN(C(=O)c2nn(C)cc2Cl)CC1. The van der Waals surface area contributed by atoms with Gasteiger partial charge in [0.05, 0.1) is 11.6 Å². The summed E-state index contributed by atoms with van der Waals surface area (Å²) in [6.45, 7) is 3.92. The van der Waals surface area contributed by atoms with Crippen LogP contribution in [0.2, 0.25) is 5.02 Å². The van der Waals surface area contributed by atoms with E-state index in [2.05, 4.69) is 5.10 Å². The molecule has 7 nitrogen and oxygen atoms in total. The molecule has 0 N–H and O–H groups in total. The van der Waals surface area contributed by atoms with Gasteiger partial charge in [-0.1, -0.05) is 11.6 Å². The standard InChI is InChI=1S/C12H17ClN4O3/c1-3-20-12(19)17-6-4-16(5-7-17)11(18)10-9(13)8-15(2)14-10/h8H,3-7H2,1-2H3. The molecule has 1 saturated heterocycles. The lowest BCUT2D eigenvalue weighted by atomic mass is 10.3. The first-order chi connectivity index (χ1) is 9.52. The molecule has 0 aromatic carbocycles. The number of carbonyl (C=O) groups is 2. The molecule has 2 heterocycles. The summed E-state index contributed by atoms with van der Waals surface area (Å²) >= 11 is 5.96. The minimum atomic E-state index is -0.338. The van der Waals surface area contributed by atoms with Gasteiger partial charge in [-0.2, -0.15) is 5.10 Å². The van der Waals surface area contributed by atoms with Gasteiger partial charge in [0.2, 0.25) is 0 Å². The fourth-order valence-electron chi connectivity index (χ4n) is 2.06. The van der Waals surface area contributed by atoms with E-state index in [0.717, 1.165) is 0 Å². The van der Waals surface area contributed by atoms with Gasteiger partial charge >= 0.3 is 6.09 Å². The van der Waals surface area contributed by atoms with Crippen LogP contribution in [0.5, 0.6) is 0 Å². The first kappa shape index (κ1) is 14.6. The maximum Gasteiger partial charge on any atom is 0.409 e. The average molecular weight is 301 g/mol. The first-order valence-electron chi connectivity index (χ1n) is 6.43. The number of hydrogen-bond donors (Lipinski definition) is 0. The third-order valence-electron chi connectivity index (χ3n) is 3.08. The fourth-order valence-corrected chi connectivity index (χ4v) is 2.32. The second kappa shape index (κ2) is 6.13. The Bertz CT molecular complexity index is 509. The number of halogens is 1. The monoisotopic (exact) mass is 300 g/mol. The molecule has 110 valence electrons. The van der Waals surface area contributed by atoms with Crippen molar-refractivity contribution >= 4 is 23.6 Å². The van der Waals surface area contributed by atoms with Crippen molar-refractivity contribution in [1.29, 1.82) is 0 Å². The lowest BCUT2D eigenvalue weighted by Crippen LogP contribution is -2.50. The number of carbonyl (C=O) groups excluding carboxylic acids is 2. The molecule has 0 atom stereocenters. The summed E-state index contributed by atoms with van der Waals surface area (Å²) < 4.78 is 6.44. The summed E-state index contributed by atoms with van der Waals surface area (Å²) in [5.74, 6) is -0.209. The van der Waals surface area contributed by atoms with Crippen molar-refractivity contribution in [2.45, 2.75) is 6.92 Å². The predicted molar refractivity (Wildman–Crippen MR) is 72.7 cm³/mol. The Balaban J connectivity index is 1.95. The molecule has 2 rings (SSSR count). The Morgan fingerprint density at radius 1 is 1.30 bits per heavy atom. The van der Waals surface area contributed by atoms with Gasteiger partial charge in [0.1, 0.15) is 0 Å². The molecule has 8 heteroatoms. The summed E-state index contributed by atoms with van der Waals surface area (Å²) in [5.41, 5.74) is 0.249. The van der Waals surface area contributed by atoms with E-state index in [1.54, 1.807) is 30.0 Å². The molecule has 0 aliphatic carbocycles. The van der Waals surface area contributed by atoms with Crippen molar-refractivity contribution < 1.29 is 14.3 Å². The molecular formula is C12H17ClN4O3. The molecule has 20 heavy (non-hydrogen) atoms. The lowest BCUT2D eigenvalue weighted by molar-refractivity contribution is 0.0565. The zero-order valence-corrected chi connectivity index (χ0v) is 12.3. The molecule has 0 bridgehead atoms.